The van der Waals surface area contributed by atoms with Crippen LogP contribution in [0.15, 0.2) is 0 Å². The van der Waals surface area contributed by atoms with Crippen molar-refractivity contribution in [1.82, 2.24) is 9.80 Å². The summed E-state index contributed by atoms with van der Waals surface area (Å²) >= 11 is 0. The minimum Gasteiger partial charge on any atom is -0.304 e. The molecule has 2 rings (SSSR count). The van der Waals surface area contributed by atoms with Crippen LogP contribution in [0.5, 0.6) is 0 Å². The number of Topliss-reactive ketones (excluding diaryl/α,β-unsaturated/α-hetero) is 1. The van der Waals surface area contributed by atoms with Gasteiger partial charge in [0, 0.05) is 32.0 Å². The lowest BCUT2D eigenvalue weighted by atomic mass is 9.74. The maximum atomic E-state index is 12.2. The number of likely N-dealkylation sites (N-methyl/N-ethyl adjacent to an activating group) is 1. The van der Waals surface area contributed by atoms with E-state index in [0.29, 0.717) is 17.6 Å². The van der Waals surface area contributed by atoms with Gasteiger partial charge < -0.3 is 9.80 Å². The third-order valence-electron chi connectivity index (χ3n) is 4.93. The van der Waals surface area contributed by atoms with Gasteiger partial charge in [-0.15, -0.1) is 0 Å². The zero-order chi connectivity index (χ0) is 13.8. The molecule has 0 radical (unpaired) electrons. The third kappa shape index (κ3) is 4.28. The lowest BCUT2D eigenvalue weighted by Crippen LogP contribution is -2.41. The van der Waals surface area contributed by atoms with Crippen LogP contribution in [0.4, 0.5) is 0 Å². The molecule has 3 atom stereocenters. The molecular formula is C16H30N2O. The zero-order valence-electron chi connectivity index (χ0n) is 12.9. The number of hydrogen-bond donors (Lipinski definition) is 0. The summed E-state index contributed by atoms with van der Waals surface area (Å²) in [6.07, 6.45) is 4.74. The first-order chi connectivity index (χ1) is 9.06. The van der Waals surface area contributed by atoms with Crippen molar-refractivity contribution >= 4 is 5.78 Å². The van der Waals surface area contributed by atoms with Crippen molar-refractivity contribution in [3.63, 3.8) is 0 Å². The molecule has 1 heterocycles. The van der Waals surface area contributed by atoms with E-state index in [4.69, 9.17) is 0 Å². The van der Waals surface area contributed by atoms with E-state index >= 15 is 0 Å². The zero-order valence-corrected chi connectivity index (χ0v) is 12.9. The van der Waals surface area contributed by atoms with Crippen molar-refractivity contribution in [2.45, 2.75) is 39.5 Å². The Kier molecular flexibility index (Phi) is 5.40. The van der Waals surface area contributed by atoms with Crippen LogP contribution in [-0.4, -0.2) is 55.4 Å². The molecule has 2 fully saturated rings. The van der Waals surface area contributed by atoms with Crippen LogP contribution in [0.3, 0.4) is 0 Å². The standard InChI is InChI=1S/C16H30N2O/c1-13-10-14(2)15(16(19)11-13)12-17(3)8-9-18-6-4-5-7-18/h13-15H,4-12H2,1-3H3. The second-order valence-electron chi connectivity index (χ2n) is 6.91. The van der Waals surface area contributed by atoms with Crippen LogP contribution in [0, 0.1) is 17.8 Å². The van der Waals surface area contributed by atoms with Crippen LogP contribution in [0.25, 0.3) is 0 Å². The van der Waals surface area contributed by atoms with Crippen molar-refractivity contribution in [2.75, 3.05) is 39.8 Å². The largest absolute Gasteiger partial charge is 0.304 e. The van der Waals surface area contributed by atoms with E-state index in [0.717, 1.165) is 19.5 Å². The summed E-state index contributed by atoms with van der Waals surface area (Å²) in [5, 5.41) is 0. The molecule has 1 aliphatic heterocycles. The van der Waals surface area contributed by atoms with Gasteiger partial charge in [-0.3, -0.25) is 4.79 Å². The molecule has 1 saturated carbocycles. The van der Waals surface area contributed by atoms with Gasteiger partial charge in [0.1, 0.15) is 5.78 Å². The van der Waals surface area contributed by atoms with Gasteiger partial charge >= 0.3 is 0 Å². The molecule has 0 amide bonds. The molecule has 19 heavy (non-hydrogen) atoms. The molecule has 1 aliphatic carbocycles. The van der Waals surface area contributed by atoms with Gasteiger partial charge in [0.25, 0.3) is 0 Å². The molecule has 110 valence electrons. The van der Waals surface area contributed by atoms with Crippen molar-refractivity contribution < 1.29 is 4.79 Å². The Morgan fingerprint density at radius 2 is 1.95 bits per heavy atom. The Morgan fingerprint density at radius 3 is 2.58 bits per heavy atom. The fraction of sp³-hybridized carbons (Fsp3) is 0.938. The maximum absolute atomic E-state index is 12.2. The quantitative estimate of drug-likeness (QED) is 0.762. The predicted molar refractivity (Wildman–Crippen MR) is 79.2 cm³/mol. The highest BCUT2D eigenvalue weighted by Crippen LogP contribution is 2.31. The fourth-order valence-electron chi connectivity index (χ4n) is 3.72. The number of hydrogen-bond acceptors (Lipinski definition) is 3. The number of ketones is 1. The summed E-state index contributed by atoms with van der Waals surface area (Å²) in [7, 11) is 2.17. The number of carbonyl (C=O) groups is 1. The summed E-state index contributed by atoms with van der Waals surface area (Å²) < 4.78 is 0. The molecule has 0 aromatic carbocycles. The van der Waals surface area contributed by atoms with Crippen molar-refractivity contribution in [3.05, 3.63) is 0 Å². The summed E-state index contributed by atoms with van der Waals surface area (Å²) in [6, 6.07) is 0. The molecule has 0 spiro atoms. The van der Waals surface area contributed by atoms with Crippen LogP contribution < -0.4 is 0 Å². The topological polar surface area (TPSA) is 23.6 Å². The number of nitrogens with zero attached hydrogens (tertiary/aromatic N) is 2. The molecule has 0 aromatic rings. The Morgan fingerprint density at radius 1 is 1.26 bits per heavy atom. The van der Waals surface area contributed by atoms with Gasteiger partial charge in [0.15, 0.2) is 0 Å². The van der Waals surface area contributed by atoms with Gasteiger partial charge in [-0.2, -0.15) is 0 Å². The van der Waals surface area contributed by atoms with Gasteiger partial charge in [0.2, 0.25) is 0 Å². The molecule has 0 aromatic heterocycles. The van der Waals surface area contributed by atoms with E-state index < -0.39 is 0 Å². The molecule has 1 saturated heterocycles. The van der Waals surface area contributed by atoms with Gasteiger partial charge in [0.05, 0.1) is 0 Å². The monoisotopic (exact) mass is 266 g/mol. The summed E-state index contributed by atoms with van der Waals surface area (Å²) in [4.78, 5) is 17.1. The van der Waals surface area contributed by atoms with Crippen molar-refractivity contribution in [3.8, 4) is 0 Å². The highest BCUT2D eigenvalue weighted by molar-refractivity contribution is 5.82. The molecule has 0 N–H and O–H groups in total. The lowest BCUT2D eigenvalue weighted by Gasteiger charge is -2.34. The average Bonchev–Trinajstić information content (AvgIpc) is 2.84. The molecule has 2 aliphatic rings. The molecule has 3 unspecified atom stereocenters. The Bertz CT molecular complexity index is 299. The predicted octanol–water partition coefficient (Wildman–Crippen LogP) is 2.27. The van der Waals surface area contributed by atoms with E-state index in [1.165, 1.54) is 38.9 Å². The Labute approximate surface area is 118 Å². The van der Waals surface area contributed by atoms with Gasteiger partial charge in [-0.05, 0) is 51.2 Å². The molecule has 3 heteroatoms. The molecular weight excluding hydrogens is 236 g/mol. The van der Waals surface area contributed by atoms with Crippen molar-refractivity contribution in [2.24, 2.45) is 17.8 Å². The van der Waals surface area contributed by atoms with E-state index in [2.05, 4.69) is 30.7 Å². The highest BCUT2D eigenvalue weighted by Gasteiger charge is 2.32. The highest BCUT2D eigenvalue weighted by atomic mass is 16.1. The van der Waals surface area contributed by atoms with Gasteiger partial charge in [-0.1, -0.05) is 13.8 Å². The first kappa shape index (κ1) is 15.0. The lowest BCUT2D eigenvalue weighted by molar-refractivity contribution is -0.128. The van der Waals surface area contributed by atoms with E-state index in [9.17, 15) is 4.79 Å². The normalized spacial score (nSPS) is 33.3. The first-order valence-corrected chi connectivity index (χ1v) is 8.00. The third-order valence-corrected chi connectivity index (χ3v) is 4.93. The SMILES string of the molecule is CC1CC(=O)C(CN(C)CCN2CCCC2)C(C)C1. The summed E-state index contributed by atoms with van der Waals surface area (Å²) in [5.74, 6) is 1.93. The first-order valence-electron chi connectivity index (χ1n) is 8.00. The average molecular weight is 266 g/mol. The van der Waals surface area contributed by atoms with Crippen LogP contribution in [-0.2, 0) is 4.79 Å². The van der Waals surface area contributed by atoms with Crippen LogP contribution in [0.1, 0.15) is 39.5 Å². The van der Waals surface area contributed by atoms with Crippen molar-refractivity contribution in [1.29, 1.82) is 0 Å². The number of likely N-dealkylation sites (tertiary alicyclic amines) is 1. The minimum atomic E-state index is 0.278. The maximum Gasteiger partial charge on any atom is 0.137 e. The van der Waals surface area contributed by atoms with E-state index in [1.807, 2.05) is 0 Å². The van der Waals surface area contributed by atoms with Crippen LogP contribution >= 0.6 is 0 Å². The minimum absolute atomic E-state index is 0.278. The van der Waals surface area contributed by atoms with E-state index in [1.54, 1.807) is 0 Å². The van der Waals surface area contributed by atoms with E-state index in [-0.39, 0.29) is 5.92 Å². The molecule has 0 bridgehead atoms. The number of carbonyl (C=O) groups excluding carboxylic acids is 1. The number of rotatable bonds is 5. The second kappa shape index (κ2) is 6.85. The summed E-state index contributed by atoms with van der Waals surface area (Å²) in [6.45, 7) is 10.2. The second-order valence-corrected chi connectivity index (χ2v) is 6.91. The van der Waals surface area contributed by atoms with Crippen LogP contribution in [0.2, 0.25) is 0 Å². The Balaban J connectivity index is 1.74. The summed E-state index contributed by atoms with van der Waals surface area (Å²) in [5.41, 5.74) is 0. The smallest absolute Gasteiger partial charge is 0.137 e. The Hall–Kier alpha value is -0.410. The molecule has 3 nitrogen and oxygen atoms in total. The van der Waals surface area contributed by atoms with Gasteiger partial charge in [-0.25, -0.2) is 0 Å². The fourth-order valence-corrected chi connectivity index (χ4v) is 3.72.